The molecule has 0 radical (unpaired) electrons. The van der Waals surface area contributed by atoms with E-state index in [4.69, 9.17) is 9.47 Å². The Hall–Kier alpha value is -2.57. The van der Waals surface area contributed by atoms with Gasteiger partial charge < -0.3 is 9.47 Å². The van der Waals surface area contributed by atoms with Crippen molar-refractivity contribution in [1.29, 1.82) is 0 Å². The Morgan fingerprint density at radius 1 is 0.933 bits per heavy atom. The van der Waals surface area contributed by atoms with Gasteiger partial charge in [0.05, 0.1) is 0 Å². The number of nitrogens with one attached hydrogen (secondary N) is 1. The summed E-state index contributed by atoms with van der Waals surface area (Å²) in [6.45, 7) is 10.4. The van der Waals surface area contributed by atoms with Crippen LogP contribution >= 0.6 is 0 Å². The van der Waals surface area contributed by atoms with Crippen molar-refractivity contribution < 1.29 is 23.9 Å². The topological polar surface area (TPSA) is 84.9 Å². The van der Waals surface area contributed by atoms with Gasteiger partial charge in [-0.25, -0.2) is 15.0 Å². The smallest absolute Gasteiger partial charge is 0.430 e. The van der Waals surface area contributed by atoms with Crippen LogP contribution in [-0.2, 0) is 19.8 Å². The molecule has 166 valence electrons. The van der Waals surface area contributed by atoms with E-state index in [0.717, 1.165) is 24.3 Å². The zero-order valence-electron chi connectivity index (χ0n) is 18.9. The van der Waals surface area contributed by atoms with Gasteiger partial charge in [0.15, 0.2) is 11.3 Å². The third kappa shape index (κ3) is 5.97. The maximum Gasteiger partial charge on any atom is 0.430 e. The van der Waals surface area contributed by atoms with E-state index in [1.807, 2.05) is 18.2 Å². The lowest BCUT2D eigenvalue weighted by Gasteiger charge is -2.42. The normalized spacial score (nSPS) is 20.1. The van der Waals surface area contributed by atoms with Crippen LogP contribution in [0.4, 0.5) is 9.59 Å². The van der Waals surface area contributed by atoms with Gasteiger partial charge in [0.25, 0.3) is 0 Å². The molecule has 7 nitrogen and oxygen atoms in total. The van der Waals surface area contributed by atoms with Gasteiger partial charge in [0.2, 0.25) is 0 Å². The van der Waals surface area contributed by atoms with Crippen LogP contribution in [0.15, 0.2) is 30.3 Å². The summed E-state index contributed by atoms with van der Waals surface area (Å²) in [5.41, 5.74) is 0.238. The Morgan fingerprint density at radius 3 is 2.10 bits per heavy atom. The molecule has 0 saturated heterocycles. The summed E-state index contributed by atoms with van der Waals surface area (Å²) >= 11 is 0. The van der Waals surface area contributed by atoms with Crippen molar-refractivity contribution >= 4 is 18.0 Å². The van der Waals surface area contributed by atoms with E-state index in [9.17, 15) is 14.4 Å². The van der Waals surface area contributed by atoms with Crippen LogP contribution < -0.4 is 5.43 Å². The average Bonchev–Trinajstić information content (AvgIpc) is 2.80. The van der Waals surface area contributed by atoms with E-state index >= 15 is 0 Å². The lowest BCUT2D eigenvalue weighted by Crippen LogP contribution is -2.62. The molecule has 1 atom stereocenters. The molecule has 1 aromatic carbocycles. The number of hydrogen-bond donors (Lipinski definition) is 1. The SMILES string of the molecule is CC(C)(C)OC(=O)NN(C(=O)OC(C)(C)C)C1(c2ccccc2)CCCCCC1=O. The zero-order valence-corrected chi connectivity index (χ0v) is 18.9. The first-order chi connectivity index (χ1) is 13.8. The highest BCUT2D eigenvalue weighted by atomic mass is 16.6. The maximum atomic E-state index is 13.5. The second kappa shape index (κ2) is 9.06. The van der Waals surface area contributed by atoms with Gasteiger partial charge in [-0.3, -0.25) is 4.79 Å². The Balaban J connectivity index is 2.58. The minimum Gasteiger partial charge on any atom is -0.443 e. The van der Waals surface area contributed by atoms with Crippen LogP contribution in [0, 0.1) is 0 Å². The zero-order chi connectivity index (χ0) is 22.6. The van der Waals surface area contributed by atoms with Gasteiger partial charge in [-0.2, -0.15) is 5.01 Å². The predicted molar refractivity (Wildman–Crippen MR) is 114 cm³/mol. The number of ether oxygens (including phenoxy) is 2. The second-order valence-corrected chi connectivity index (χ2v) is 9.64. The Morgan fingerprint density at radius 2 is 1.53 bits per heavy atom. The van der Waals surface area contributed by atoms with E-state index in [-0.39, 0.29) is 5.78 Å². The molecule has 1 N–H and O–H groups in total. The molecule has 1 fully saturated rings. The number of carbonyl (C=O) groups excluding carboxylic acids is 3. The molecule has 7 heteroatoms. The van der Waals surface area contributed by atoms with Crippen LogP contribution in [0.25, 0.3) is 0 Å². The molecular formula is C23H34N2O5. The Kier molecular flexibility index (Phi) is 7.16. The summed E-state index contributed by atoms with van der Waals surface area (Å²) in [5, 5.41) is 1.05. The summed E-state index contributed by atoms with van der Waals surface area (Å²) < 4.78 is 11.0. The third-order valence-corrected chi connectivity index (χ3v) is 4.71. The quantitative estimate of drug-likeness (QED) is 0.534. The first-order valence-electron chi connectivity index (χ1n) is 10.5. The summed E-state index contributed by atoms with van der Waals surface area (Å²) in [4.78, 5) is 39.4. The molecule has 0 spiro atoms. The van der Waals surface area contributed by atoms with Crippen LogP contribution in [0.3, 0.4) is 0 Å². The van der Waals surface area contributed by atoms with Crippen molar-refractivity contribution in [3.8, 4) is 0 Å². The number of Topliss-reactive ketones (excluding diaryl/α,β-unsaturated/α-hetero) is 1. The number of amides is 2. The first kappa shape index (κ1) is 23.7. The van der Waals surface area contributed by atoms with Gasteiger partial charge >= 0.3 is 12.2 Å². The Labute approximate surface area is 179 Å². The fourth-order valence-electron chi connectivity index (χ4n) is 3.57. The van der Waals surface area contributed by atoms with Crippen LogP contribution in [-0.4, -0.2) is 34.2 Å². The third-order valence-electron chi connectivity index (χ3n) is 4.71. The van der Waals surface area contributed by atoms with Gasteiger partial charge in [-0.15, -0.1) is 0 Å². The van der Waals surface area contributed by atoms with Gasteiger partial charge in [-0.1, -0.05) is 43.2 Å². The number of hydrogen-bond acceptors (Lipinski definition) is 5. The fourth-order valence-corrected chi connectivity index (χ4v) is 3.57. The molecule has 1 aliphatic carbocycles. The van der Waals surface area contributed by atoms with Gasteiger partial charge in [0, 0.05) is 6.42 Å². The maximum absolute atomic E-state index is 13.5. The summed E-state index contributed by atoms with van der Waals surface area (Å²) in [6.07, 6.45) is 1.41. The van der Waals surface area contributed by atoms with E-state index in [0.29, 0.717) is 18.4 Å². The molecule has 1 saturated carbocycles. The van der Waals surface area contributed by atoms with Crippen LogP contribution in [0.2, 0.25) is 0 Å². The molecule has 0 bridgehead atoms. The van der Waals surface area contributed by atoms with Gasteiger partial charge in [0.1, 0.15) is 11.2 Å². The van der Waals surface area contributed by atoms with Crippen molar-refractivity contribution in [1.82, 2.24) is 10.4 Å². The minimum absolute atomic E-state index is 0.131. The summed E-state index contributed by atoms with van der Waals surface area (Å²) in [7, 11) is 0. The van der Waals surface area contributed by atoms with E-state index in [1.165, 1.54) is 0 Å². The number of hydrazine groups is 1. The number of rotatable bonds is 2. The Bertz CT molecular complexity index is 764. The van der Waals surface area contributed by atoms with Crippen molar-refractivity contribution in [2.75, 3.05) is 0 Å². The molecule has 1 aliphatic rings. The van der Waals surface area contributed by atoms with Crippen molar-refractivity contribution in [2.45, 2.75) is 90.4 Å². The van der Waals surface area contributed by atoms with Crippen LogP contribution in [0.5, 0.6) is 0 Å². The monoisotopic (exact) mass is 418 g/mol. The predicted octanol–water partition coefficient (Wildman–Crippen LogP) is 5.09. The van der Waals surface area contributed by atoms with E-state index < -0.39 is 28.9 Å². The lowest BCUT2D eigenvalue weighted by atomic mass is 9.81. The molecule has 30 heavy (non-hydrogen) atoms. The highest BCUT2D eigenvalue weighted by Crippen LogP contribution is 2.39. The fraction of sp³-hybridized carbons (Fsp3) is 0.609. The largest absolute Gasteiger partial charge is 0.443 e. The van der Waals surface area contributed by atoms with Crippen LogP contribution in [0.1, 0.15) is 79.2 Å². The highest BCUT2D eigenvalue weighted by molar-refractivity contribution is 5.93. The van der Waals surface area contributed by atoms with E-state index in [1.54, 1.807) is 53.7 Å². The summed E-state index contributed by atoms with van der Waals surface area (Å²) in [6, 6.07) is 9.08. The molecule has 1 unspecified atom stereocenters. The molecule has 0 aromatic heterocycles. The standard InChI is InChI=1S/C23H34N2O5/c1-21(2,3)29-19(27)24-25(20(28)30-22(4,5)6)23(17-13-9-7-10-14-17)16-12-8-11-15-18(23)26/h7,9-10,13-14H,8,11-12,15-16H2,1-6H3,(H,24,27). The molecule has 1 aromatic rings. The molecule has 2 rings (SSSR count). The number of carbonyl (C=O) groups is 3. The number of ketones is 1. The number of nitrogens with zero attached hydrogens (tertiary/aromatic N) is 1. The minimum atomic E-state index is -1.36. The molecule has 0 heterocycles. The van der Waals surface area contributed by atoms with Gasteiger partial charge in [-0.05, 0) is 59.9 Å². The second-order valence-electron chi connectivity index (χ2n) is 9.64. The van der Waals surface area contributed by atoms with Crippen molar-refractivity contribution in [3.63, 3.8) is 0 Å². The molecule has 0 aliphatic heterocycles. The average molecular weight is 419 g/mol. The summed E-state index contributed by atoms with van der Waals surface area (Å²) in [5.74, 6) is -0.131. The van der Waals surface area contributed by atoms with Crippen molar-refractivity contribution in [3.05, 3.63) is 35.9 Å². The first-order valence-corrected chi connectivity index (χ1v) is 10.5. The highest BCUT2D eigenvalue weighted by Gasteiger charge is 2.50. The molecular weight excluding hydrogens is 384 g/mol. The van der Waals surface area contributed by atoms with Crippen molar-refractivity contribution in [2.24, 2.45) is 0 Å². The van der Waals surface area contributed by atoms with E-state index in [2.05, 4.69) is 5.43 Å². The lowest BCUT2D eigenvalue weighted by molar-refractivity contribution is -0.134. The molecule has 2 amide bonds. The number of benzene rings is 1.